The van der Waals surface area contributed by atoms with Gasteiger partial charge in [-0.15, -0.1) is 0 Å². The number of carbonyl (C=O) groups is 4. The highest BCUT2D eigenvalue weighted by atomic mass is 19.4. The first-order valence-electron chi connectivity index (χ1n) is 13.9. The molecule has 0 spiro atoms. The van der Waals surface area contributed by atoms with E-state index in [1.807, 2.05) is 57.7 Å². The molecule has 0 fully saturated rings. The predicted molar refractivity (Wildman–Crippen MR) is 162 cm³/mol. The molecule has 0 bridgehead atoms. The summed E-state index contributed by atoms with van der Waals surface area (Å²) in [4.78, 5) is 43.9. The monoisotopic (exact) mass is 763 g/mol. The summed E-state index contributed by atoms with van der Waals surface area (Å²) in [5, 5.41) is 31.3. The zero-order valence-corrected chi connectivity index (χ0v) is 26.9. The lowest BCUT2D eigenvalue weighted by molar-refractivity contribution is -0.193. The van der Waals surface area contributed by atoms with E-state index < -0.39 is 42.5 Å². The lowest BCUT2D eigenvalue weighted by atomic mass is 10.1. The Kier molecular flexibility index (Phi) is 16.2. The van der Waals surface area contributed by atoms with Gasteiger partial charge in [0.1, 0.15) is 6.61 Å². The van der Waals surface area contributed by atoms with Crippen LogP contribution in [0.4, 0.5) is 50.9 Å². The first-order valence-corrected chi connectivity index (χ1v) is 13.9. The molecule has 14 nitrogen and oxygen atoms in total. The van der Waals surface area contributed by atoms with Gasteiger partial charge in [0, 0.05) is 31.9 Å². The molecule has 0 aliphatic carbocycles. The highest BCUT2D eigenvalue weighted by Crippen LogP contribution is 2.33. The van der Waals surface area contributed by atoms with Crippen LogP contribution in [-0.2, 0) is 19.2 Å². The fourth-order valence-corrected chi connectivity index (χ4v) is 3.37. The molecule has 1 atom stereocenters. The second-order valence-corrected chi connectivity index (χ2v) is 10.2. The van der Waals surface area contributed by atoms with Crippen LogP contribution in [0.2, 0.25) is 0 Å². The third-order valence-electron chi connectivity index (χ3n) is 5.91. The molecule has 0 saturated heterocycles. The third kappa shape index (κ3) is 15.4. The number of aromatic nitrogens is 2. The van der Waals surface area contributed by atoms with E-state index >= 15 is 0 Å². The number of likely N-dealkylation sites (N-methyl/N-ethyl adjacent to an activating group) is 2. The van der Waals surface area contributed by atoms with Crippen LogP contribution in [0.1, 0.15) is 0 Å². The van der Waals surface area contributed by atoms with Gasteiger partial charge in [0.25, 0.3) is 5.91 Å². The Labute approximate surface area is 287 Å². The molecule has 52 heavy (non-hydrogen) atoms. The molecule has 4 rings (SSSR count). The maximum atomic E-state index is 13.0. The number of H-pyrrole nitrogens is 1. The number of hydrogen-bond acceptors (Lipinski definition) is 9. The Morgan fingerprint density at radius 2 is 1.31 bits per heavy atom. The molecule has 1 aromatic heterocycles. The van der Waals surface area contributed by atoms with Crippen LogP contribution in [0.3, 0.4) is 0 Å². The van der Waals surface area contributed by atoms with Gasteiger partial charge in [0.15, 0.2) is 11.5 Å². The van der Waals surface area contributed by atoms with Crippen LogP contribution in [0.15, 0.2) is 54.9 Å². The number of aliphatic carboxylic acids is 3. The summed E-state index contributed by atoms with van der Waals surface area (Å²) in [6.07, 6.45) is -12.3. The molecule has 2 heterocycles. The van der Waals surface area contributed by atoms with Crippen LogP contribution in [0, 0.1) is 0 Å². The number of halogens is 9. The molecule has 5 N–H and O–H groups in total. The smallest absolute Gasteiger partial charge is 0.485 e. The number of nitrogens with zero attached hydrogens (tertiary/aromatic N) is 3. The van der Waals surface area contributed by atoms with Gasteiger partial charge < -0.3 is 39.9 Å². The molecule has 1 unspecified atom stereocenters. The van der Waals surface area contributed by atoms with Crippen molar-refractivity contribution >= 4 is 35.2 Å². The third-order valence-corrected chi connectivity index (χ3v) is 5.91. The molecule has 0 radical (unpaired) electrons. The standard InChI is InChI=1S/C23H27N5O3.3C2HF3O2/c1-27(2)10-11-28(3)19-12-16(17-13-24-25-14-17)8-9-18(19)26-23(29)22-15-30-20-6-4-5-7-21(20)31-22;3*3-2(4,5)1(6)7/h4-9,12-14,22H,10-11,15H2,1-3H3,(H,24,25)(H,26,29);3*(H,6,7). The maximum Gasteiger partial charge on any atom is 0.490 e. The lowest BCUT2D eigenvalue weighted by Crippen LogP contribution is -2.40. The SMILES string of the molecule is CN(C)CCN(C)c1cc(-c2cn[nH]c2)ccc1NC(=O)C1COc2ccccc2O1.O=C(O)C(F)(F)F.O=C(O)C(F)(F)F.O=C(O)C(F)(F)F. The summed E-state index contributed by atoms with van der Waals surface area (Å²) in [5.41, 5.74) is 3.65. The van der Waals surface area contributed by atoms with E-state index in [2.05, 4.69) is 31.4 Å². The Morgan fingerprint density at radius 3 is 1.75 bits per heavy atom. The number of fused-ring (bicyclic) bond motifs is 1. The Balaban J connectivity index is 0.000000525. The molecular weight excluding hydrogens is 733 g/mol. The zero-order valence-electron chi connectivity index (χ0n) is 26.9. The second kappa shape index (κ2) is 19.0. The molecule has 0 saturated carbocycles. The second-order valence-electron chi connectivity index (χ2n) is 10.2. The van der Waals surface area contributed by atoms with Crippen LogP contribution in [-0.4, -0.2) is 120 Å². The number of amides is 1. The summed E-state index contributed by atoms with van der Waals surface area (Å²) in [7, 11) is 6.09. The van der Waals surface area contributed by atoms with E-state index in [0.29, 0.717) is 11.5 Å². The molecule has 1 aliphatic heterocycles. The van der Waals surface area contributed by atoms with Gasteiger partial charge in [-0.25, -0.2) is 14.4 Å². The van der Waals surface area contributed by atoms with Crippen molar-refractivity contribution in [2.45, 2.75) is 24.6 Å². The molecular formula is C29H30F9N5O9. The van der Waals surface area contributed by atoms with Crippen LogP contribution in [0.25, 0.3) is 11.1 Å². The van der Waals surface area contributed by atoms with Gasteiger partial charge in [-0.3, -0.25) is 9.89 Å². The maximum absolute atomic E-state index is 13.0. The summed E-state index contributed by atoms with van der Waals surface area (Å²) < 4.78 is 107. The fourth-order valence-electron chi connectivity index (χ4n) is 3.37. The van der Waals surface area contributed by atoms with E-state index in [1.165, 1.54) is 0 Å². The molecule has 2 aromatic carbocycles. The van der Waals surface area contributed by atoms with E-state index in [1.54, 1.807) is 12.3 Å². The van der Waals surface area contributed by atoms with Crippen molar-refractivity contribution < 1.29 is 83.5 Å². The van der Waals surface area contributed by atoms with Crippen molar-refractivity contribution in [2.24, 2.45) is 0 Å². The molecule has 3 aromatic rings. The number of aromatic amines is 1. The number of hydrogen-bond donors (Lipinski definition) is 5. The number of para-hydroxylation sites is 2. The summed E-state index contributed by atoms with van der Waals surface area (Å²) in [6, 6.07) is 13.3. The van der Waals surface area contributed by atoms with E-state index in [9.17, 15) is 44.3 Å². The van der Waals surface area contributed by atoms with Gasteiger partial charge in [0.2, 0.25) is 6.10 Å². The van der Waals surface area contributed by atoms with Crippen molar-refractivity contribution in [3.63, 3.8) is 0 Å². The van der Waals surface area contributed by atoms with Crippen LogP contribution in [0.5, 0.6) is 11.5 Å². The summed E-state index contributed by atoms with van der Waals surface area (Å²) in [5.74, 6) is -7.28. The minimum atomic E-state index is -5.08. The number of rotatable bonds is 7. The Bertz CT molecular complexity index is 1570. The van der Waals surface area contributed by atoms with Crippen molar-refractivity contribution in [1.29, 1.82) is 0 Å². The van der Waals surface area contributed by atoms with Gasteiger partial charge in [-0.05, 0) is 43.9 Å². The highest BCUT2D eigenvalue weighted by molar-refractivity contribution is 5.98. The number of nitrogens with one attached hydrogen (secondary N) is 2. The number of carbonyl (C=O) groups excluding carboxylic acids is 1. The molecule has 288 valence electrons. The lowest BCUT2D eigenvalue weighted by Gasteiger charge is -2.28. The average molecular weight is 764 g/mol. The Hall–Kier alpha value is -5.74. The fraction of sp³-hybridized carbons (Fsp3) is 0.345. The van der Waals surface area contributed by atoms with E-state index in [4.69, 9.17) is 39.2 Å². The number of anilines is 2. The summed E-state index contributed by atoms with van der Waals surface area (Å²) >= 11 is 0. The minimum Gasteiger partial charge on any atom is -0.485 e. The van der Waals surface area contributed by atoms with E-state index in [0.717, 1.165) is 35.6 Å². The number of benzene rings is 2. The minimum absolute atomic E-state index is 0.168. The Morgan fingerprint density at radius 1 is 0.808 bits per heavy atom. The van der Waals surface area contributed by atoms with Crippen molar-refractivity contribution in [1.82, 2.24) is 15.1 Å². The number of carboxylic acid groups (broad SMARTS) is 3. The van der Waals surface area contributed by atoms with Gasteiger partial charge in [0.05, 0.1) is 17.6 Å². The largest absolute Gasteiger partial charge is 0.490 e. The topological polar surface area (TPSA) is 195 Å². The van der Waals surface area contributed by atoms with Crippen molar-refractivity contribution in [3.8, 4) is 22.6 Å². The average Bonchev–Trinajstić information content (AvgIpc) is 3.58. The molecule has 23 heteroatoms. The quantitative estimate of drug-likeness (QED) is 0.208. The highest BCUT2D eigenvalue weighted by Gasteiger charge is 2.39. The van der Waals surface area contributed by atoms with Gasteiger partial charge in [-0.2, -0.15) is 44.6 Å². The predicted octanol–water partition coefficient (Wildman–Crippen LogP) is 4.75. The zero-order chi connectivity index (χ0) is 40.0. The number of carboxylic acids is 3. The van der Waals surface area contributed by atoms with E-state index in [-0.39, 0.29) is 12.5 Å². The van der Waals surface area contributed by atoms with Gasteiger partial charge >= 0.3 is 36.4 Å². The first kappa shape index (κ1) is 44.3. The van der Waals surface area contributed by atoms with Crippen LogP contribution >= 0.6 is 0 Å². The first-order chi connectivity index (χ1) is 23.8. The summed E-state index contributed by atoms with van der Waals surface area (Å²) in [6.45, 7) is 1.86. The van der Waals surface area contributed by atoms with Crippen LogP contribution < -0.4 is 19.7 Å². The van der Waals surface area contributed by atoms with Gasteiger partial charge in [-0.1, -0.05) is 18.2 Å². The molecule has 1 aliphatic rings. The van der Waals surface area contributed by atoms with Crippen molar-refractivity contribution in [3.05, 3.63) is 54.9 Å². The number of alkyl halides is 9. The normalized spacial score (nSPS) is 13.5. The van der Waals surface area contributed by atoms with Crippen molar-refractivity contribution in [2.75, 3.05) is 51.1 Å². The molecule has 1 amide bonds. The number of ether oxygens (including phenoxy) is 2.